The molecule has 88 valence electrons. The van der Waals surface area contributed by atoms with Crippen LogP contribution in [0.2, 0.25) is 10.0 Å². The Morgan fingerprint density at radius 2 is 2.12 bits per heavy atom. The van der Waals surface area contributed by atoms with Crippen LogP contribution in [0.1, 0.15) is 13.8 Å². The van der Waals surface area contributed by atoms with Gasteiger partial charge in [-0.25, -0.2) is 0 Å². The Kier molecular flexibility index (Phi) is 4.90. The van der Waals surface area contributed by atoms with Gasteiger partial charge >= 0.3 is 5.97 Å². The lowest BCUT2D eigenvalue weighted by atomic mass is 10.3. The van der Waals surface area contributed by atoms with E-state index < -0.39 is 0 Å². The van der Waals surface area contributed by atoms with E-state index in [0.717, 1.165) is 0 Å². The first kappa shape index (κ1) is 13.1. The van der Waals surface area contributed by atoms with E-state index in [-0.39, 0.29) is 18.7 Å². The fourth-order valence-electron chi connectivity index (χ4n) is 1.06. The lowest BCUT2D eigenvalue weighted by Gasteiger charge is -2.15. The first-order valence-electron chi connectivity index (χ1n) is 4.74. The predicted octanol–water partition coefficient (Wildman–Crippen LogP) is 3.32. The smallest absolute Gasteiger partial charge is 0.302 e. The molecule has 0 unspecified atom stereocenters. The summed E-state index contributed by atoms with van der Waals surface area (Å²) in [5.41, 5.74) is 0. The largest absolute Gasteiger partial charge is 0.486 e. The second kappa shape index (κ2) is 5.97. The summed E-state index contributed by atoms with van der Waals surface area (Å²) < 4.78 is 10.3. The summed E-state index contributed by atoms with van der Waals surface area (Å²) >= 11 is 11.7. The Balaban J connectivity index is 2.55. The maximum absolute atomic E-state index is 10.6. The molecule has 16 heavy (non-hydrogen) atoms. The monoisotopic (exact) mass is 262 g/mol. The van der Waals surface area contributed by atoms with Crippen LogP contribution < -0.4 is 4.74 Å². The summed E-state index contributed by atoms with van der Waals surface area (Å²) in [7, 11) is 0. The first-order valence-corrected chi connectivity index (χ1v) is 5.49. The van der Waals surface area contributed by atoms with Crippen molar-refractivity contribution in [2.75, 3.05) is 6.61 Å². The van der Waals surface area contributed by atoms with Crippen molar-refractivity contribution < 1.29 is 14.3 Å². The van der Waals surface area contributed by atoms with Crippen LogP contribution in [-0.4, -0.2) is 18.7 Å². The van der Waals surface area contributed by atoms with Crippen LogP contribution in [0, 0.1) is 0 Å². The molecule has 1 rings (SSSR count). The summed E-state index contributed by atoms with van der Waals surface area (Å²) in [4.78, 5) is 10.6. The average molecular weight is 263 g/mol. The molecule has 0 heterocycles. The number of carbonyl (C=O) groups excluding carboxylic acids is 1. The maximum Gasteiger partial charge on any atom is 0.302 e. The number of carbonyl (C=O) groups is 1. The van der Waals surface area contributed by atoms with Gasteiger partial charge in [-0.1, -0.05) is 23.2 Å². The van der Waals surface area contributed by atoms with E-state index in [9.17, 15) is 4.79 Å². The van der Waals surface area contributed by atoms with Crippen LogP contribution in [0.5, 0.6) is 5.75 Å². The van der Waals surface area contributed by atoms with Crippen LogP contribution in [-0.2, 0) is 9.53 Å². The van der Waals surface area contributed by atoms with Crippen molar-refractivity contribution in [3.8, 4) is 5.75 Å². The third-order valence-electron chi connectivity index (χ3n) is 1.74. The highest BCUT2D eigenvalue weighted by Gasteiger charge is 2.09. The summed E-state index contributed by atoms with van der Waals surface area (Å²) in [6, 6.07) is 4.95. The van der Waals surface area contributed by atoms with Gasteiger partial charge in [0.25, 0.3) is 0 Å². The van der Waals surface area contributed by atoms with Gasteiger partial charge in [0.15, 0.2) is 0 Å². The molecule has 0 radical (unpaired) electrons. The van der Waals surface area contributed by atoms with Crippen LogP contribution in [0.25, 0.3) is 0 Å². The van der Waals surface area contributed by atoms with Gasteiger partial charge in [0.2, 0.25) is 0 Å². The minimum absolute atomic E-state index is 0.189. The number of benzene rings is 1. The van der Waals surface area contributed by atoms with Crippen molar-refractivity contribution in [1.29, 1.82) is 0 Å². The fourth-order valence-corrected chi connectivity index (χ4v) is 1.51. The zero-order valence-corrected chi connectivity index (χ0v) is 10.5. The molecule has 5 heteroatoms. The molecule has 0 saturated carbocycles. The highest BCUT2D eigenvalue weighted by Crippen LogP contribution is 2.28. The van der Waals surface area contributed by atoms with Crippen LogP contribution in [0.15, 0.2) is 18.2 Å². The lowest BCUT2D eigenvalue weighted by Crippen LogP contribution is -2.20. The van der Waals surface area contributed by atoms with Gasteiger partial charge in [0, 0.05) is 11.9 Å². The molecular weight excluding hydrogens is 251 g/mol. The van der Waals surface area contributed by atoms with E-state index in [1.807, 2.05) is 0 Å². The number of rotatable bonds is 4. The molecule has 0 aromatic heterocycles. The summed E-state index contributed by atoms with van der Waals surface area (Å²) in [6.07, 6.45) is -0.262. The molecule has 0 bridgehead atoms. The van der Waals surface area contributed by atoms with Crippen molar-refractivity contribution in [1.82, 2.24) is 0 Å². The second-order valence-electron chi connectivity index (χ2n) is 3.31. The maximum atomic E-state index is 10.6. The molecule has 1 aromatic rings. The number of ether oxygens (including phenoxy) is 2. The molecule has 1 aromatic carbocycles. The molecule has 3 nitrogen and oxygen atoms in total. The predicted molar refractivity (Wildman–Crippen MR) is 63.2 cm³/mol. The van der Waals surface area contributed by atoms with E-state index in [1.54, 1.807) is 25.1 Å². The Morgan fingerprint density at radius 3 is 2.69 bits per heavy atom. The molecule has 0 N–H and O–H groups in total. The SMILES string of the molecule is CC(=O)OC[C@@H](C)Oc1ccc(Cl)cc1Cl. The Bertz CT molecular complexity index is 379. The number of esters is 1. The van der Waals surface area contributed by atoms with Crippen molar-refractivity contribution in [3.63, 3.8) is 0 Å². The zero-order chi connectivity index (χ0) is 12.1. The quantitative estimate of drug-likeness (QED) is 0.781. The van der Waals surface area contributed by atoms with Gasteiger partial charge in [0.05, 0.1) is 5.02 Å². The minimum atomic E-state index is -0.336. The van der Waals surface area contributed by atoms with Gasteiger partial charge < -0.3 is 9.47 Å². The topological polar surface area (TPSA) is 35.5 Å². The van der Waals surface area contributed by atoms with E-state index in [2.05, 4.69) is 0 Å². The van der Waals surface area contributed by atoms with Crippen molar-refractivity contribution in [3.05, 3.63) is 28.2 Å². The zero-order valence-electron chi connectivity index (χ0n) is 9.00. The summed E-state index contributed by atoms with van der Waals surface area (Å²) in [5.74, 6) is 0.184. The fraction of sp³-hybridized carbons (Fsp3) is 0.364. The number of halogens is 2. The molecule has 0 aliphatic heterocycles. The van der Waals surface area contributed by atoms with Gasteiger partial charge in [0.1, 0.15) is 18.5 Å². The van der Waals surface area contributed by atoms with Gasteiger partial charge in [-0.2, -0.15) is 0 Å². The van der Waals surface area contributed by atoms with Crippen LogP contribution in [0.3, 0.4) is 0 Å². The van der Waals surface area contributed by atoms with Crippen molar-refractivity contribution in [2.24, 2.45) is 0 Å². The first-order chi connectivity index (χ1) is 7.49. The molecule has 1 atom stereocenters. The van der Waals surface area contributed by atoms with Crippen LogP contribution >= 0.6 is 23.2 Å². The van der Waals surface area contributed by atoms with Crippen LogP contribution in [0.4, 0.5) is 0 Å². The Labute approximate surface area is 104 Å². The third-order valence-corrected chi connectivity index (χ3v) is 2.27. The minimum Gasteiger partial charge on any atom is -0.486 e. The van der Waals surface area contributed by atoms with Gasteiger partial charge in [-0.15, -0.1) is 0 Å². The third kappa shape index (κ3) is 4.29. The van der Waals surface area contributed by atoms with Crippen molar-refractivity contribution in [2.45, 2.75) is 20.0 Å². The highest BCUT2D eigenvalue weighted by atomic mass is 35.5. The van der Waals surface area contributed by atoms with E-state index in [4.69, 9.17) is 32.7 Å². The Morgan fingerprint density at radius 1 is 1.44 bits per heavy atom. The van der Waals surface area contributed by atoms with Gasteiger partial charge in [-0.3, -0.25) is 4.79 Å². The molecule has 0 spiro atoms. The molecule has 0 aliphatic rings. The Hall–Kier alpha value is -0.930. The molecule has 0 fully saturated rings. The van der Waals surface area contributed by atoms with E-state index in [1.165, 1.54) is 6.92 Å². The summed E-state index contributed by atoms with van der Waals surface area (Å²) in [5, 5.41) is 0.979. The molecule has 0 amide bonds. The molecule has 0 aliphatic carbocycles. The normalized spacial score (nSPS) is 12.0. The lowest BCUT2D eigenvalue weighted by molar-refractivity contribution is -0.143. The van der Waals surface area contributed by atoms with Crippen molar-refractivity contribution >= 4 is 29.2 Å². The number of hydrogen-bond acceptors (Lipinski definition) is 3. The summed E-state index contributed by atoms with van der Waals surface area (Å²) in [6.45, 7) is 3.32. The van der Waals surface area contributed by atoms with E-state index >= 15 is 0 Å². The molecular formula is C11H12Cl2O3. The standard InChI is InChI=1S/C11H12Cl2O3/c1-7(6-15-8(2)14)16-11-4-3-9(12)5-10(11)13/h3-5,7H,6H2,1-2H3/t7-/m1/s1. The number of hydrogen-bond donors (Lipinski definition) is 0. The second-order valence-corrected chi connectivity index (χ2v) is 4.15. The van der Waals surface area contributed by atoms with Gasteiger partial charge in [-0.05, 0) is 25.1 Å². The highest BCUT2D eigenvalue weighted by molar-refractivity contribution is 6.35. The molecule has 0 saturated heterocycles. The average Bonchev–Trinajstić information content (AvgIpc) is 2.19. The van der Waals surface area contributed by atoms with E-state index in [0.29, 0.717) is 15.8 Å².